The number of alkyl halides is 3. The molecular weight excluding hydrogens is 208 g/mol. The quantitative estimate of drug-likeness (QED) is 0.581. The van der Waals surface area contributed by atoms with Crippen molar-refractivity contribution >= 4 is 7.60 Å². The Labute approximate surface area is 73.7 Å². The number of rotatable bonds is 4. The minimum atomic E-state index is -4.70. The number of halogens is 3. The molecule has 0 rings (SSSR count). The zero-order valence-electron chi connectivity index (χ0n) is 6.91. The van der Waals surface area contributed by atoms with Gasteiger partial charge in [0.15, 0.2) is 6.10 Å². The Morgan fingerprint density at radius 2 is 2.15 bits per heavy atom. The SMILES string of the molecule is C=CC(OP(=O)(O)CC)C(F)(F)F. The van der Waals surface area contributed by atoms with E-state index in [-0.39, 0.29) is 6.16 Å². The van der Waals surface area contributed by atoms with Crippen LogP contribution < -0.4 is 0 Å². The van der Waals surface area contributed by atoms with Crippen molar-refractivity contribution in [2.75, 3.05) is 6.16 Å². The van der Waals surface area contributed by atoms with Crippen molar-refractivity contribution < 1.29 is 27.2 Å². The summed E-state index contributed by atoms with van der Waals surface area (Å²) >= 11 is 0. The van der Waals surface area contributed by atoms with Gasteiger partial charge in [-0.3, -0.25) is 9.09 Å². The lowest BCUT2D eigenvalue weighted by atomic mass is 10.3. The number of hydrogen-bond acceptors (Lipinski definition) is 2. The van der Waals surface area contributed by atoms with Crippen LogP contribution in [-0.2, 0) is 9.09 Å². The van der Waals surface area contributed by atoms with E-state index in [1.165, 1.54) is 6.92 Å². The van der Waals surface area contributed by atoms with Crippen molar-refractivity contribution in [2.45, 2.75) is 19.2 Å². The summed E-state index contributed by atoms with van der Waals surface area (Å²) in [5.74, 6) is 0. The van der Waals surface area contributed by atoms with Crippen molar-refractivity contribution in [1.82, 2.24) is 0 Å². The first-order valence-electron chi connectivity index (χ1n) is 3.42. The average molecular weight is 218 g/mol. The molecule has 3 nitrogen and oxygen atoms in total. The van der Waals surface area contributed by atoms with Crippen LogP contribution in [0, 0.1) is 0 Å². The second-order valence-corrected chi connectivity index (χ2v) is 4.38. The van der Waals surface area contributed by atoms with Crippen LogP contribution in [0.4, 0.5) is 13.2 Å². The fraction of sp³-hybridized carbons (Fsp3) is 0.667. The van der Waals surface area contributed by atoms with Gasteiger partial charge in [-0.05, 0) is 0 Å². The second-order valence-electron chi connectivity index (χ2n) is 2.26. The standard InChI is InChI=1S/C6H10F3O3P/c1-3-5(6(7,8)9)12-13(10,11)4-2/h3,5H,1,4H2,2H3,(H,10,11). The fourth-order valence-electron chi connectivity index (χ4n) is 0.488. The van der Waals surface area contributed by atoms with Crippen LogP contribution in [0.15, 0.2) is 12.7 Å². The summed E-state index contributed by atoms with van der Waals surface area (Å²) in [7, 11) is -4.13. The van der Waals surface area contributed by atoms with Gasteiger partial charge >= 0.3 is 13.8 Å². The Bertz CT molecular complexity index is 226. The van der Waals surface area contributed by atoms with E-state index in [1.807, 2.05) is 0 Å². The summed E-state index contributed by atoms with van der Waals surface area (Å²) in [6, 6.07) is 0. The van der Waals surface area contributed by atoms with Gasteiger partial charge in [-0.25, -0.2) is 0 Å². The first-order valence-corrected chi connectivity index (χ1v) is 5.18. The van der Waals surface area contributed by atoms with Crippen LogP contribution in [0.1, 0.15) is 6.92 Å². The van der Waals surface area contributed by atoms with Gasteiger partial charge in [0.2, 0.25) is 0 Å². The van der Waals surface area contributed by atoms with E-state index in [1.54, 1.807) is 0 Å². The van der Waals surface area contributed by atoms with Gasteiger partial charge in [-0.1, -0.05) is 13.0 Å². The minimum Gasteiger partial charge on any atom is -0.324 e. The zero-order valence-corrected chi connectivity index (χ0v) is 7.81. The molecule has 0 fully saturated rings. The molecule has 2 atom stereocenters. The molecule has 0 aromatic rings. The lowest BCUT2D eigenvalue weighted by molar-refractivity contribution is -0.181. The molecule has 0 aromatic heterocycles. The zero-order chi connectivity index (χ0) is 10.7. The van der Waals surface area contributed by atoms with Crippen LogP contribution in [-0.4, -0.2) is 23.3 Å². The summed E-state index contributed by atoms with van der Waals surface area (Å²) < 4.78 is 50.6. The van der Waals surface area contributed by atoms with Crippen LogP contribution >= 0.6 is 7.60 Å². The maximum absolute atomic E-state index is 12.0. The molecule has 0 saturated heterocycles. The minimum absolute atomic E-state index is 0.368. The van der Waals surface area contributed by atoms with Crippen LogP contribution in [0.25, 0.3) is 0 Å². The van der Waals surface area contributed by atoms with Crippen molar-refractivity contribution in [3.05, 3.63) is 12.7 Å². The van der Waals surface area contributed by atoms with Crippen LogP contribution in [0.2, 0.25) is 0 Å². The number of hydrogen-bond donors (Lipinski definition) is 1. The molecule has 2 unspecified atom stereocenters. The van der Waals surface area contributed by atoms with Gasteiger partial charge < -0.3 is 4.89 Å². The fourth-order valence-corrected chi connectivity index (χ4v) is 1.20. The van der Waals surface area contributed by atoms with Gasteiger partial charge in [0.25, 0.3) is 0 Å². The van der Waals surface area contributed by atoms with E-state index < -0.39 is 19.9 Å². The van der Waals surface area contributed by atoms with Crippen molar-refractivity contribution in [1.29, 1.82) is 0 Å². The molecule has 0 amide bonds. The normalized spacial score (nSPS) is 19.2. The first-order chi connectivity index (χ1) is 5.73. The highest BCUT2D eigenvalue weighted by atomic mass is 31.2. The van der Waals surface area contributed by atoms with Gasteiger partial charge in [-0.2, -0.15) is 13.2 Å². The Morgan fingerprint density at radius 1 is 1.69 bits per heavy atom. The molecule has 0 saturated carbocycles. The van der Waals surface area contributed by atoms with Crippen LogP contribution in [0.3, 0.4) is 0 Å². The summed E-state index contributed by atoms with van der Waals surface area (Å²) in [6.07, 6.45) is -7.01. The van der Waals surface area contributed by atoms with Crippen molar-refractivity contribution in [2.24, 2.45) is 0 Å². The lowest BCUT2D eigenvalue weighted by Crippen LogP contribution is -2.28. The molecular formula is C6H10F3O3P. The smallest absolute Gasteiger partial charge is 0.324 e. The molecule has 78 valence electrons. The highest BCUT2D eigenvalue weighted by molar-refractivity contribution is 7.52. The van der Waals surface area contributed by atoms with Gasteiger partial charge in [-0.15, -0.1) is 6.58 Å². The Kier molecular flexibility index (Phi) is 4.16. The molecule has 1 N–H and O–H groups in total. The maximum atomic E-state index is 12.0. The largest absolute Gasteiger partial charge is 0.418 e. The van der Waals surface area contributed by atoms with Gasteiger partial charge in [0, 0.05) is 6.16 Å². The predicted molar refractivity (Wildman–Crippen MR) is 41.5 cm³/mol. The van der Waals surface area contributed by atoms with E-state index in [0.717, 1.165) is 0 Å². The molecule has 0 aliphatic rings. The summed E-state index contributed by atoms with van der Waals surface area (Å²) in [5, 5.41) is 0. The molecule has 0 bridgehead atoms. The molecule has 0 aliphatic carbocycles. The molecule has 0 aromatic carbocycles. The molecule has 0 spiro atoms. The van der Waals surface area contributed by atoms with Crippen molar-refractivity contribution in [3.8, 4) is 0 Å². The predicted octanol–water partition coefficient (Wildman–Crippen LogP) is 2.33. The second kappa shape index (κ2) is 4.26. The third-order valence-corrected chi connectivity index (χ3v) is 2.57. The Morgan fingerprint density at radius 3 is 2.38 bits per heavy atom. The van der Waals surface area contributed by atoms with E-state index in [4.69, 9.17) is 4.89 Å². The topological polar surface area (TPSA) is 46.5 Å². The van der Waals surface area contributed by atoms with Gasteiger partial charge in [0.05, 0.1) is 0 Å². The van der Waals surface area contributed by atoms with Gasteiger partial charge in [0.1, 0.15) is 0 Å². The summed E-state index contributed by atoms with van der Waals surface area (Å²) in [6.45, 7) is 4.13. The first kappa shape index (κ1) is 12.7. The third-order valence-electron chi connectivity index (χ3n) is 1.21. The highest BCUT2D eigenvalue weighted by Gasteiger charge is 2.42. The average Bonchev–Trinajstić information content (AvgIpc) is 1.98. The molecule has 0 radical (unpaired) electrons. The summed E-state index contributed by atoms with van der Waals surface area (Å²) in [4.78, 5) is 8.77. The van der Waals surface area contributed by atoms with E-state index in [0.29, 0.717) is 6.08 Å². The Hall–Kier alpha value is -0.320. The van der Waals surface area contributed by atoms with Crippen molar-refractivity contribution in [3.63, 3.8) is 0 Å². The lowest BCUT2D eigenvalue weighted by Gasteiger charge is -2.19. The van der Waals surface area contributed by atoms with Crippen LogP contribution in [0.5, 0.6) is 0 Å². The highest BCUT2D eigenvalue weighted by Crippen LogP contribution is 2.45. The summed E-state index contributed by atoms with van der Waals surface area (Å²) in [5.41, 5.74) is 0. The molecule has 7 heteroatoms. The van der Waals surface area contributed by atoms with E-state index in [2.05, 4.69) is 11.1 Å². The Balaban J connectivity index is 4.48. The molecule has 0 heterocycles. The van der Waals surface area contributed by atoms with E-state index >= 15 is 0 Å². The third kappa shape index (κ3) is 4.45. The monoisotopic (exact) mass is 218 g/mol. The molecule has 13 heavy (non-hydrogen) atoms. The van der Waals surface area contributed by atoms with E-state index in [9.17, 15) is 17.7 Å². The maximum Gasteiger partial charge on any atom is 0.418 e. The molecule has 0 aliphatic heterocycles.